The van der Waals surface area contributed by atoms with Gasteiger partial charge >= 0.3 is 0 Å². The number of carbonyl (C=O) groups is 1. The molecule has 0 saturated heterocycles. The lowest BCUT2D eigenvalue weighted by molar-refractivity contribution is -0.113. The van der Waals surface area contributed by atoms with Crippen molar-refractivity contribution in [2.45, 2.75) is 23.0 Å². The minimum Gasteiger partial charge on any atom is -0.383 e. The summed E-state index contributed by atoms with van der Waals surface area (Å²) in [4.78, 5) is 34.0. The highest BCUT2D eigenvalue weighted by Crippen LogP contribution is 2.28. The summed E-state index contributed by atoms with van der Waals surface area (Å²) in [6, 6.07) is 0. The normalized spacial score (nSPS) is 13.0. The summed E-state index contributed by atoms with van der Waals surface area (Å²) in [6.45, 7) is 0.844. The molecule has 0 atom stereocenters. The number of aromatic nitrogens is 3. The summed E-state index contributed by atoms with van der Waals surface area (Å²) in [6.07, 6.45) is 2.43. The third-order valence-electron chi connectivity index (χ3n) is 3.28. The van der Waals surface area contributed by atoms with Crippen LogP contribution in [0.15, 0.2) is 26.4 Å². The first-order chi connectivity index (χ1) is 11.7. The number of methoxy groups -OCH3 is 1. The zero-order valence-corrected chi connectivity index (χ0v) is 15.4. The molecule has 2 aromatic rings. The Morgan fingerprint density at radius 1 is 1.54 bits per heavy atom. The first kappa shape index (κ1) is 17.5. The molecule has 0 unspecified atom stereocenters. The molecule has 10 heteroatoms. The van der Waals surface area contributed by atoms with Crippen LogP contribution in [-0.2, 0) is 22.5 Å². The van der Waals surface area contributed by atoms with Gasteiger partial charge in [0, 0.05) is 30.9 Å². The third kappa shape index (κ3) is 4.00. The smallest absolute Gasteiger partial charge is 0.268 e. The summed E-state index contributed by atoms with van der Waals surface area (Å²) in [5.41, 5.74) is 0.795. The number of hydrogen-bond acceptors (Lipinski definition) is 8. The van der Waals surface area contributed by atoms with Gasteiger partial charge in [-0.3, -0.25) is 14.2 Å². The van der Waals surface area contributed by atoms with E-state index in [0.717, 1.165) is 22.8 Å². The van der Waals surface area contributed by atoms with Crippen LogP contribution in [-0.4, -0.2) is 45.7 Å². The fourth-order valence-electron chi connectivity index (χ4n) is 2.18. The van der Waals surface area contributed by atoms with Gasteiger partial charge in [-0.15, -0.1) is 23.1 Å². The van der Waals surface area contributed by atoms with Gasteiger partial charge in [-0.05, 0) is 0 Å². The molecule has 0 saturated carbocycles. The third-order valence-corrected chi connectivity index (χ3v) is 6.05. The molecule has 1 aliphatic rings. The highest BCUT2D eigenvalue weighted by Gasteiger charge is 2.22. The number of thiazole rings is 1. The second kappa shape index (κ2) is 8.15. The monoisotopic (exact) mass is 384 g/mol. The van der Waals surface area contributed by atoms with E-state index in [0.29, 0.717) is 23.4 Å². The highest BCUT2D eigenvalue weighted by molar-refractivity contribution is 8.00. The predicted octanol–water partition coefficient (Wildman–Crippen LogP) is 1.73. The van der Waals surface area contributed by atoms with Crippen molar-refractivity contribution in [3.63, 3.8) is 0 Å². The maximum Gasteiger partial charge on any atom is 0.268 e. The Balaban J connectivity index is 1.75. The van der Waals surface area contributed by atoms with E-state index in [2.05, 4.69) is 15.3 Å². The molecule has 1 aliphatic heterocycles. The summed E-state index contributed by atoms with van der Waals surface area (Å²) < 4.78 is 6.68. The lowest BCUT2D eigenvalue weighted by Gasteiger charge is -2.13. The van der Waals surface area contributed by atoms with Gasteiger partial charge in [-0.25, -0.2) is 9.97 Å². The van der Waals surface area contributed by atoms with Crippen LogP contribution in [0.4, 0.5) is 5.13 Å². The molecule has 7 nitrogen and oxygen atoms in total. The van der Waals surface area contributed by atoms with E-state index in [1.165, 1.54) is 23.1 Å². The average Bonchev–Trinajstić information content (AvgIpc) is 3.23. The van der Waals surface area contributed by atoms with E-state index in [-0.39, 0.29) is 17.2 Å². The van der Waals surface area contributed by atoms with Crippen LogP contribution >= 0.6 is 34.9 Å². The molecule has 128 valence electrons. The Morgan fingerprint density at radius 3 is 3.17 bits per heavy atom. The predicted molar refractivity (Wildman–Crippen MR) is 96.3 cm³/mol. The largest absolute Gasteiger partial charge is 0.383 e. The number of anilines is 1. The van der Waals surface area contributed by atoms with Gasteiger partial charge in [0.05, 0.1) is 29.5 Å². The number of ether oxygens (including phenoxy) is 1. The molecule has 0 fully saturated rings. The van der Waals surface area contributed by atoms with Crippen molar-refractivity contribution in [2.75, 3.05) is 30.5 Å². The van der Waals surface area contributed by atoms with E-state index in [1.807, 2.05) is 0 Å². The standard InChI is InChI=1S/C14H16N4O3S3/c1-21-5-4-18-12(20)11-9(2-6-22-11)16-14(18)24-8-10(19)17-13-15-3-7-23-13/h3,7H,2,4-6,8H2,1H3,(H,15,17,19). The molecule has 0 aromatic carbocycles. The Kier molecular flexibility index (Phi) is 5.93. The number of nitrogens with one attached hydrogen (secondary N) is 1. The number of nitrogens with zero attached hydrogens (tertiary/aromatic N) is 3. The average molecular weight is 385 g/mol. The number of fused-ring (bicyclic) bond motifs is 1. The van der Waals surface area contributed by atoms with Gasteiger partial charge in [0.2, 0.25) is 5.91 Å². The van der Waals surface area contributed by atoms with Gasteiger partial charge in [-0.2, -0.15) is 0 Å². The Bertz CT molecular complexity index is 776. The van der Waals surface area contributed by atoms with Crippen LogP contribution in [0, 0.1) is 0 Å². The Labute approximate surface area is 151 Å². The van der Waals surface area contributed by atoms with E-state index < -0.39 is 0 Å². The molecule has 3 rings (SSSR count). The molecule has 1 amide bonds. The molecule has 24 heavy (non-hydrogen) atoms. The van der Waals surface area contributed by atoms with Gasteiger partial charge in [0.15, 0.2) is 10.3 Å². The number of aryl methyl sites for hydroxylation is 1. The van der Waals surface area contributed by atoms with Gasteiger partial charge in [-0.1, -0.05) is 11.8 Å². The van der Waals surface area contributed by atoms with E-state index in [4.69, 9.17) is 4.74 Å². The molecular formula is C14H16N4O3S3. The first-order valence-corrected chi connectivity index (χ1v) is 10.1. The van der Waals surface area contributed by atoms with Gasteiger partial charge in [0.25, 0.3) is 5.56 Å². The van der Waals surface area contributed by atoms with Gasteiger partial charge in [0.1, 0.15) is 0 Å². The van der Waals surface area contributed by atoms with Crippen molar-refractivity contribution in [2.24, 2.45) is 0 Å². The van der Waals surface area contributed by atoms with E-state index in [1.54, 1.807) is 35.0 Å². The quantitative estimate of drug-likeness (QED) is 0.575. The topological polar surface area (TPSA) is 86.1 Å². The first-order valence-electron chi connectivity index (χ1n) is 7.26. The van der Waals surface area contributed by atoms with Gasteiger partial charge < -0.3 is 10.1 Å². The van der Waals surface area contributed by atoms with Crippen LogP contribution in [0.3, 0.4) is 0 Å². The number of thioether (sulfide) groups is 2. The fraction of sp³-hybridized carbons (Fsp3) is 0.429. The van der Waals surface area contributed by atoms with Crippen molar-refractivity contribution in [1.82, 2.24) is 14.5 Å². The highest BCUT2D eigenvalue weighted by atomic mass is 32.2. The Hall–Kier alpha value is -1.36. The molecule has 0 spiro atoms. The van der Waals surface area contributed by atoms with Crippen molar-refractivity contribution in [3.05, 3.63) is 27.6 Å². The lowest BCUT2D eigenvalue weighted by Crippen LogP contribution is -2.27. The minimum absolute atomic E-state index is 0.0395. The van der Waals surface area contributed by atoms with Crippen LogP contribution in [0.5, 0.6) is 0 Å². The van der Waals surface area contributed by atoms with E-state index >= 15 is 0 Å². The molecule has 2 aromatic heterocycles. The molecule has 3 heterocycles. The number of hydrogen-bond donors (Lipinski definition) is 1. The van der Waals surface area contributed by atoms with Crippen molar-refractivity contribution in [3.8, 4) is 0 Å². The van der Waals surface area contributed by atoms with Crippen LogP contribution in [0.25, 0.3) is 0 Å². The van der Waals surface area contributed by atoms with Crippen molar-refractivity contribution in [1.29, 1.82) is 0 Å². The minimum atomic E-state index is -0.169. The lowest BCUT2D eigenvalue weighted by atomic mass is 10.3. The maximum absolute atomic E-state index is 12.6. The zero-order valence-electron chi connectivity index (χ0n) is 13.0. The summed E-state index contributed by atoms with van der Waals surface area (Å²) >= 11 is 4.17. The van der Waals surface area contributed by atoms with E-state index in [9.17, 15) is 9.59 Å². The molecular weight excluding hydrogens is 368 g/mol. The van der Waals surface area contributed by atoms with Crippen LogP contribution in [0.1, 0.15) is 5.69 Å². The summed E-state index contributed by atoms with van der Waals surface area (Å²) in [5, 5.41) is 5.65. The maximum atomic E-state index is 12.6. The number of rotatable bonds is 7. The summed E-state index contributed by atoms with van der Waals surface area (Å²) in [5.74, 6) is 0.878. The second-order valence-corrected chi connectivity index (χ2v) is 7.83. The Morgan fingerprint density at radius 2 is 2.42 bits per heavy atom. The number of carbonyl (C=O) groups excluding carboxylic acids is 1. The second-order valence-electron chi connectivity index (χ2n) is 4.89. The van der Waals surface area contributed by atoms with Crippen molar-refractivity contribution >= 4 is 45.9 Å². The molecule has 0 aliphatic carbocycles. The van der Waals surface area contributed by atoms with Crippen LogP contribution < -0.4 is 10.9 Å². The fourth-order valence-corrected chi connectivity index (χ4v) is 4.61. The summed E-state index contributed by atoms with van der Waals surface area (Å²) in [7, 11) is 1.59. The molecule has 0 bridgehead atoms. The number of amides is 1. The zero-order chi connectivity index (χ0) is 16.9. The van der Waals surface area contributed by atoms with Crippen molar-refractivity contribution < 1.29 is 9.53 Å². The molecule has 1 N–H and O–H groups in total. The SMILES string of the molecule is COCCn1c(SCC(=O)Nc2nccs2)nc2c(c1=O)SCC2. The molecule has 0 radical (unpaired) electrons. The van der Waals surface area contributed by atoms with Crippen LogP contribution in [0.2, 0.25) is 0 Å².